The van der Waals surface area contributed by atoms with E-state index in [1.54, 1.807) is 6.07 Å². The molecule has 160 valence electrons. The maximum absolute atomic E-state index is 12.8. The Hall–Kier alpha value is -3.18. The highest BCUT2D eigenvalue weighted by atomic mass is 19.4. The predicted molar refractivity (Wildman–Crippen MR) is 100 cm³/mol. The SMILES string of the molecule is O=c1[nH]c(-c2c(OCCNCCO)ccnc2Cc2ccc(C(F)(F)F)cc2)no1. The quantitative estimate of drug-likeness (QED) is 0.450. The molecule has 0 amide bonds. The first-order chi connectivity index (χ1) is 14.4. The zero-order chi connectivity index (χ0) is 21.6. The van der Waals surface area contributed by atoms with Crippen LogP contribution in [-0.4, -0.2) is 46.5 Å². The molecule has 3 rings (SSSR count). The molecule has 0 aliphatic carbocycles. The van der Waals surface area contributed by atoms with Gasteiger partial charge in [0.25, 0.3) is 0 Å². The highest BCUT2D eigenvalue weighted by Crippen LogP contribution is 2.32. The topological polar surface area (TPSA) is 113 Å². The van der Waals surface area contributed by atoms with E-state index in [4.69, 9.17) is 9.84 Å². The normalized spacial score (nSPS) is 11.6. The van der Waals surface area contributed by atoms with Crippen molar-refractivity contribution in [1.82, 2.24) is 20.4 Å². The van der Waals surface area contributed by atoms with E-state index in [1.165, 1.54) is 18.3 Å². The van der Waals surface area contributed by atoms with Crippen molar-refractivity contribution in [1.29, 1.82) is 0 Å². The maximum Gasteiger partial charge on any atom is 0.439 e. The Bertz CT molecular complexity index is 1020. The fraction of sp³-hybridized carbons (Fsp3) is 0.316. The second-order valence-corrected chi connectivity index (χ2v) is 6.27. The van der Waals surface area contributed by atoms with Crippen LogP contribution >= 0.6 is 0 Å². The number of nitrogens with zero attached hydrogens (tertiary/aromatic N) is 2. The third-order valence-corrected chi connectivity index (χ3v) is 4.15. The minimum absolute atomic E-state index is 0.00202. The van der Waals surface area contributed by atoms with Gasteiger partial charge >= 0.3 is 11.9 Å². The molecule has 0 atom stereocenters. The molecule has 0 radical (unpaired) electrons. The van der Waals surface area contributed by atoms with Gasteiger partial charge in [-0.25, -0.2) is 4.79 Å². The first-order valence-electron chi connectivity index (χ1n) is 9.03. The van der Waals surface area contributed by atoms with E-state index in [-0.39, 0.29) is 25.5 Å². The van der Waals surface area contributed by atoms with Gasteiger partial charge in [0, 0.05) is 25.7 Å². The summed E-state index contributed by atoms with van der Waals surface area (Å²) in [5.74, 6) is -0.277. The van der Waals surface area contributed by atoms with E-state index < -0.39 is 17.5 Å². The number of aromatic amines is 1. The molecule has 2 heterocycles. The van der Waals surface area contributed by atoms with Gasteiger partial charge < -0.3 is 15.2 Å². The van der Waals surface area contributed by atoms with Crippen LogP contribution < -0.4 is 15.8 Å². The second-order valence-electron chi connectivity index (χ2n) is 6.27. The van der Waals surface area contributed by atoms with Crippen LogP contribution in [0.4, 0.5) is 13.2 Å². The van der Waals surface area contributed by atoms with Crippen molar-refractivity contribution in [3.63, 3.8) is 0 Å². The van der Waals surface area contributed by atoms with Gasteiger partial charge in [0.05, 0.1) is 23.4 Å². The lowest BCUT2D eigenvalue weighted by Crippen LogP contribution is -2.24. The summed E-state index contributed by atoms with van der Waals surface area (Å²) in [5.41, 5.74) is 0.669. The van der Waals surface area contributed by atoms with E-state index in [2.05, 4.69) is 25.0 Å². The van der Waals surface area contributed by atoms with Crippen molar-refractivity contribution in [2.24, 2.45) is 0 Å². The van der Waals surface area contributed by atoms with Crippen molar-refractivity contribution in [2.45, 2.75) is 12.6 Å². The number of alkyl halides is 3. The molecule has 2 aromatic heterocycles. The fourth-order valence-corrected chi connectivity index (χ4v) is 2.77. The number of hydrogen-bond donors (Lipinski definition) is 3. The number of aliphatic hydroxyl groups is 1. The molecule has 0 saturated carbocycles. The van der Waals surface area contributed by atoms with Crippen LogP contribution in [0.2, 0.25) is 0 Å². The second kappa shape index (κ2) is 9.55. The summed E-state index contributed by atoms with van der Waals surface area (Å²) >= 11 is 0. The molecular weight excluding hydrogens is 405 g/mol. The Balaban J connectivity index is 1.87. The number of aliphatic hydroxyl groups excluding tert-OH is 1. The lowest BCUT2D eigenvalue weighted by Gasteiger charge is -2.14. The summed E-state index contributed by atoms with van der Waals surface area (Å²) in [5, 5.41) is 15.4. The summed E-state index contributed by atoms with van der Waals surface area (Å²) in [6.45, 7) is 1.14. The summed E-state index contributed by atoms with van der Waals surface area (Å²) in [7, 11) is 0. The molecule has 0 bridgehead atoms. The van der Waals surface area contributed by atoms with Gasteiger partial charge in [-0.2, -0.15) is 13.2 Å². The lowest BCUT2D eigenvalue weighted by molar-refractivity contribution is -0.137. The van der Waals surface area contributed by atoms with Gasteiger partial charge in [0.1, 0.15) is 12.4 Å². The van der Waals surface area contributed by atoms with Crippen LogP contribution in [0.25, 0.3) is 11.4 Å². The molecule has 0 saturated heterocycles. The molecule has 0 aliphatic rings. The van der Waals surface area contributed by atoms with E-state index in [9.17, 15) is 18.0 Å². The number of halogens is 3. The number of ether oxygens (including phenoxy) is 1. The number of H-pyrrole nitrogens is 1. The van der Waals surface area contributed by atoms with Crippen molar-refractivity contribution < 1.29 is 27.5 Å². The lowest BCUT2D eigenvalue weighted by atomic mass is 10.0. The van der Waals surface area contributed by atoms with Crippen LogP contribution in [0.1, 0.15) is 16.8 Å². The van der Waals surface area contributed by atoms with Gasteiger partial charge in [-0.05, 0) is 23.8 Å². The molecular formula is C19H19F3N4O4. The number of nitrogens with one attached hydrogen (secondary N) is 2. The molecule has 0 spiro atoms. The van der Waals surface area contributed by atoms with Gasteiger partial charge in [0.2, 0.25) is 0 Å². The number of pyridine rings is 1. The molecule has 0 unspecified atom stereocenters. The van der Waals surface area contributed by atoms with Gasteiger partial charge in [-0.3, -0.25) is 14.5 Å². The van der Waals surface area contributed by atoms with Crippen LogP contribution in [0, 0.1) is 0 Å². The molecule has 3 N–H and O–H groups in total. The molecule has 11 heteroatoms. The summed E-state index contributed by atoms with van der Waals surface area (Å²) in [4.78, 5) is 18.2. The number of aromatic nitrogens is 3. The first-order valence-corrected chi connectivity index (χ1v) is 9.03. The average molecular weight is 424 g/mol. The minimum Gasteiger partial charge on any atom is -0.491 e. The Morgan fingerprint density at radius 3 is 2.57 bits per heavy atom. The van der Waals surface area contributed by atoms with Gasteiger partial charge in [-0.15, -0.1) is 0 Å². The standard InChI is InChI=1S/C19H19F3N4O4/c20-19(21,22)13-3-1-12(2-4-13)11-14-16(17-25-18(28)30-26-17)15(5-6-24-14)29-10-8-23-7-9-27/h1-6,23,27H,7-11H2,(H,25,26,28). The molecule has 3 aromatic rings. The average Bonchev–Trinajstić information content (AvgIpc) is 3.13. The zero-order valence-electron chi connectivity index (χ0n) is 15.7. The highest BCUT2D eigenvalue weighted by molar-refractivity contribution is 5.66. The van der Waals surface area contributed by atoms with E-state index in [0.717, 1.165) is 12.1 Å². The summed E-state index contributed by atoms with van der Waals surface area (Å²) in [6, 6.07) is 6.32. The Kier molecular flexibility index (Phi) is 6.85. The van der Waals surface area contributed by atoms with Gasteiger partial charge in [0.15, 0.2) is 5.82 Å². The van der Waals surface area contributed by atoms with Crippen molar-refractivity contribution in [3.05, 3.63) is 63.9 Å². The van der Waals surface area contributed by atoms with Crippen molar-refractivity contribution >= 4 is 0 Å². The Morgan fingerprint density at radius 2 is 1.93 bits per heavy atom. The third-order valence-electron chi connectivity index (χ3n) is 4.15. The maximum atomic E-state index is 12.8. The molecule has 0 aliphatic heterocycles. The molecule has 30 heavy (non-hydrogen) atoms. The summed E-state index contributed by atoms with van der Waals surface area (Å²) < 4.78 is 48.7. The van der Waals surface area contributed by atoms with Crippen LogP contribution in [0.5, 0.6) is 5.75 Å². The van der Waals surface area contributed by atoms with Crippen molar-refractivity contribution in [3.8, 4) is 17.1 Å². The predicted octanol–water partition coefficient (Wildman–Crippen LogP) is 2.00. The molecule has 0 fully saturated rings. The monoisotopic (exact) mass is 424 g/mol. The minimum atomic E-state index is -4.42. The van der Waals surface area contributed by atoms with E-state index >= 15 is 0 Å². The van der Waals surface area contributed by atoms with E-state index in [0.29, 0.717) is 35.7 Å². The fourth-order valence-electron chi connectivity index (χ4n) is 2.77. The largest absolute Gasteiger partial charge is 0.491 e. The Morgan fingerprint density at radius 1 is 1.17 bits per heavy atom. The number of benzene rings is 1. The smallest absolute Gasteiger partial charge is 0.439 e. The Labute approximate surface area is 168 Å². The van der Waals surface area contributed by atoms with Crippen LogP contribution in [-0.2, 0) is 12.6 Å². The number of rotatable bonds is 9. The zero-order valence-corrected chi connectivity index (χ0v) is 15.7. The van der Waals surface area contributed by atoms with Crippen molar-refractivity contribution in [2.75, 3.05) is 26.3 Å². The first kappa shape index (κ1) is 21.5. The molecule has 8 nitrogen and oxygen atoms in total. The van der Waals surface area contributed by atoms with E-state index in [1.807, 2.05) is 0 Å². The van der Waals surface area contributed by atoms with Gasteiger partial charge in [-0.1, -0.05) is 17.3 Å². The highest BCUT2D eigenvalue weighted by Gasteiger charge is 2.30. The summed E-state index contributed by atoms with van der Waals surface area (Å²) in [6.07, 6.45) is -2.74. The number of hydrogen-bond acceptors (Lipinski definition) is 7. The third kappa shape index (κ3) is 5.45. The van der Waals surface area contributed by atoms with Crippen LogP contribution in [0.3, 0.4) is 0 Å². The molecule has 1 aromatic carbocycles. The van der Waals surface area contributed by atoms with Crippen LogP contribution in [0.15, 0.2) is 45.8 Å².